The molecule has 7 nitrogen and oxygen atoms in total. The standard InChI is InChI=1S/C19H19F3N2O5/c20-19(21,22)12-4-2-11(3-5-12)10-24-17(29)15(16(28)23-9-14(26)27)13(25)8-18(24)6-1-7-18/h2-5,15H,1,6-10H2,(H,23,28)(H,26,27). The number of amides is 2. The molecule has 2 aliphatic rings. The van der Waals surface area contributed by atoms with Crippen LogP contribution >= 0.6 is 0 Å². The Labute approximate surface area is 163 Å². The number of aliphatic carboxylic acids is 1. The van der Waals surface area contributed by atoms with Crippen molar-refractivity contribution >= 4 is 23.6 Å². The quantitative estimate of drug-likeness (QED) is 0.717. The van der Waals surface area contributed by atoms with E-state index in [2.05, 4.69) is 5.32 Å². The smallest absolute Gasteiger partial charge is 0.416 e. The highest BCUT2D eigenvalue weighted by atomic mass is 19.4. The minimum Gasteiger partial charge on any atom is -0.480 e. The van der Waals surface area contributed by atoms with Crippen molar-refractivity contribution in [2.45, 2.75) is 43.9 Å². The molecule has 2 fully saturated rings. The summed E-state index contributed by atoms with van der Waals surface area (Å²) in [6, 6.07) is 4.36. The van der Waals surface area contributed by atoms with Crippen LogP contribution in [0, 0.1) is 5.92 Å². The molecule has 0 radical (unpaired) electrons. The number of nitrogens with one attached hydrogen (secondary N) is 1. The molecule has 1 unspecified atom stereocenters. The van der Waals surface area contributed by atoms with Crippen molar-refractivity contribution in [3.05, 3.63) is 35.4 Å². The number of rotatable bonds is 5. The summed E-state index contributed by atoms with van der Waals surface area (Å²) in [5.41, 5.74) is -1.11. The average Bonchev–Trinajstić information content (AvgIpc) is 2.60. The maximum absolute atomic E-state index is 13.0. The van der Waals surface area contributed by atoms with E-state index in [0.717, 1.165) is 18.6 Å². The number of ketones is 1. The van der Waals surface area contributed by atoms with Crippen molar-refractivity contribution in [3.8, 4) is 0 Å². The van der Waals surface area contributed by atoms with Crippen molar-refractivity contribution in [3.63, 3.8) is 0 Å². The lowest BCUT2D eigenvalue weighted by atomic mass is 9.67. The van der Waals surface area contributed by atoms with Gasteiger partial charge in [-0.1, -0.05) is 12.1 Å². The molecule has 1 atom stereocenters. The summed E-state index contributed by atoms with van der Waals surface area (Å²) in [7, 11) is 0. The van der Waals surface area contributed by atoms with E-state index in [1.165, 1.54) is 17.0 Å². The Bertz CT molecular complexity index is 846. The van der Waals surface area contributed by atoms with Gasteiger partial charge in [-0.2, -0.15) is 13.2 Å². The van der Waals surface area contributed by atoms with Crippen LogP contribution in [0.3, 0.4) is 0 Å². The second kappa shape index (κ2) is 7.49. The first kappa shape index (κ1) is 20.8. The van der Waals surface area contributed by atoms with Crippen LogP contribution in [-0.2, 0) is 31.9 Å². The summed E-state index contributed by atoms with van der Waals surface area (Å²) < 4.78 is 38.3. The van der Waals surface area contributed by atoms with Crippen LogP contribution in [0.15, 0.2) is 24.3 Å². The van der Waals surface area contributed by atoms with Gasteiger partial charge in [-0.3, -0.25) is 19.2 Å². The zero-order chi connectivity index (χ0) is 21.4. The predicted octanol–water partition coefficient (Wildman–Crippen LogP) is 1.75. The zero-order valence-electron chi connectivity index (χ0n) is 15.3. The molecule has 1 aliphatic carbocycles. The molecule has 3 rings (SSSR count). The molecule has 0 bridgehead atoms. The van der Waals surface area contributed by atoms with Gasteiger partial charge in [0.15, 0.2) is 11.7 Å². The van der Waals surface area contributed by atoms with Crippen molar-refractivity contribution in [2.75, 3.05) is 6.54 Å². The summed E-state index contributed by atoms with van der Waals surface area (Å²) in [6.45, 7) is -0.757. The lowest BCUT2D eigenvalue weighted by molar-refractivity contribution is -0.164. The SMILES string of the molecule is O=C(O)CNC(=O)C1C(=O)CC2(CCC2)N(Cc2ccc(C(F)(F)F)cc2)C1=O. The van der Waals surface area contributed by atoms with Crippen molar-refractivity contribution < 1.29 is 37.5 Å². The Balaban J connectivity index is 1.82. The molecular weight excluding hydrogens is 393 g/mol. The molecule has 10 heteroatoms. The monoisotopic (exact) mass is 412 g/mol. The highest BCUT2D eigenvalue weighted by Crippen LogP contribution is 2.45. The van der Waals surface area contributed by atoms with E-state index in [4.69, 9.17) is 5.11 Å². The number of likely N-dealkylation sites (tertiary alicyclic amines) is 1. The van der Waals surface area contributed by atoms with E-state index in [0.29, 0.717) is 18.4 Å². The largest absolute Gasteiger partial charge is 0.480 e. The first-order valence-electron chi connectivity index (χ1n) is 9.03. The van der Waals surface area contributed by atoms with Gasteiger partial charge in [-0.25, -0.2) is 0 Å². The van der Waals surface area contributed by atoms with Gasteiger partial charge in [0.2, 0.25) is 11.8 Å². The Morgan fingerprint density at radius 1 is 1.17 bits per heavy atom. The van der Waals surface area contributed by atoms with Gasteiger partial charge in [-0.15, -0.1) is 0 Å². The summed E-state index contributed by atoms with van der Waals surface area (Å²) in [5.74, 6) is -5.25. The predicted molar refractivity (Wildman–Crippen MR) is 92.3 cm³/mol. The van der Waals surface area contributed by atoms with E-state index in [9.17, 15) is 32.3 Å². The Hall–Kier alpha value is -2.91. The maximum atomic E-state index is 13.0. The molecule has 1 heterocycles. The molecule has 1 aromatic rings. The fourth-order valence-corrected chi connectivity index (χ4v) is 3.83. The first-order valence-corrected chi connectivity index (χ1v) is 9.03. The highest BCUT2D eigenvalue weighted by molar-refractivity contribution is 6.20. The fourth-order valence-electron chi connectivity index (χ4n) is 3.83. The van der Waals surface area contributed by atoms with E-state index in [1.54, 1.807) is 0 Å². The number of benzene rings is 1. The van der Waals surface area contributed by atoms with Gasteiger partial charge in [0, 0.05) is 13.0 Å². The number of carbonyl (C=O) groups is 4. The molecule has 1 saturated heterocycles. The summed E-state index contributed by atoms with van der Waals surface area (Å²) in [5, 5.41) is 10.7. The lowest BCUT2D eigenvalue weighted by Gasteiger charge is -2.53. The zero-order valence-corrected chi connectivity index (χ0v) is 15.3. The van der Waals surface area contributed by atoms with Gasteiger partial charge < -0.3 is 15.3 Å². The molecule has 156 valence electrons. The summed E-state index contributed by atoms with van der Waals surface area (Å²) >= 11 is 0. The second-order valence-electron chi connectivity index (χ2n) is 7.38. The molecule has 1 spiro atoms. The van der Waals surface area contributed by atoms with Crippen LogP contribution in [0.5, 0.6) is 0 Å². The first-order chi connectivity index (χ1) is 13.5. The van der Waals surface area contributed by atoms with Gasteiger partial charge in [0.05, 0.1) is 11.1 Å². The molecule has 1 aromatic carbocycles. The van der Waals surface area contributed by atoms with Gasteiger partial charge >= 0.3 is 12.1 Å². The fraction of sp³-hybridized carbons (Fsp3) is 0.474. The highest BCUT2D eigenvalue weighted by Gasteiger charge is 2.55. The van der Waals surface area contributed by atoms with Crippen molar-refractivity contribution in [1.29, 1.82) is 0 Å². The number of Topliss-reactive ketones (excluding diaryl/α,β-unsaturated/α-hetero) is 1. The molecule has 1 saturated carbocycles. The lowest BCUT2D eigenvalue weighted by Crippen LogP contribution is -2.65. The van der Waals surface area contributed by atoms with E-state index < -0.39 is 53.3 Å². The van der Waals surface area contributed by atoms with Crippen LogP contribution in [-0.4, -0.2) is 45.7 Å². The number of halogens is 3. The molecule has 2 N–H and O–H groups in total. The van der Waals surface area contributed by atoms with Gasteiger partial charge in [-0.05, 0) is 37.0 Å². The normalized spacial score (nSPS) is 21.1. The molecule has 2 amide bonds. The summed E-state index contributed by atoms with van der Waals surface area (Å²) in [4.78, 5) is 49.7. The second-order valence-corrected chi connectivity index (χ2v) is 7.38. The average molecular weight is 412 g/mol. The Morgan fingerprint density at radius 3 is 2.28 bits per heavy atom. The Morgan fingerprint density at radius 2 is 1.79 bits per heavy atom. The molecule has 1 aliphatic heterocycles. The van der Waals surface area contributed by atoms with Crippen molar-refractivity contribution in [1.82, 2.24) is 10.2 Å². The minimum atomic E-state index is -4.48. The third kappa shape index (κ3) is 4.10. The van der Waals surface area contributed by atoms with Gasteiger partial charge in [0.25, 0.3) is 0 Å². The number of alkyl halides is 3. The third-order valence-electron chi connectivity index (χ3n) is 5.49. The number of piperidine rings is 1. The topological polar surface area (TPSA) is 104 Å². The summed E-state index contributed by atoms with van der Waals surface area (Å²) in [6.07, 6.45) is -2.60. The van der Waals surface area contributed by atoms with Crippen molar-refractivity contribution in [2.24, 2.45) is 5.92 Å². The maximum Gasteiger partial charge on any atom is 0.416 e. The van der Waals surface area contributed by atoms with E-state index >= 15 is 0 Å². The van der Waals surface area contributed by atoms with Gasteiger partial charge in [0.1, 0.15) is 6.54 Å². The number of nitrogens with zero attached hydrogens (tertiary/aromatic N) is 1. The van der Waals surface area contributed by atoms with Crippen LogP contribution in [0.25, 0.3) is 0 Å². The minimum absolute atomic E-state index is 0.0348. The van der Waals surface area contributed by atoms with Crippen LogP contribution in [0.4, 0.5) is 13.2 Å². The Kier molecular flexibility index (Phi) is 5.38. The molecule has 29 heavy (non-hydrogen) atoms. The van der Waals surface area contributed by atoms with E-state index in [-0.39, 0.29) is 13.0 Å². The number of hydrogen-bond acceptors (Lipinski definition) is 4. The van der Waals surface area contributed by atoms with E-state index in [1.807, 2.05) is 0 Å². The van der Waals surface area contributed by atoms with Crippen LogP contribution in [0.1, 0.15) is 36.8 Å². The number of carbonyl (C=O) groups excluding carboxylic acids is 3. The molecular formula is C19H19F3N2O5. The van der Waals surface area contributed by atoms with Crippen LogP contribution < -0.4 is 5.32 Å². The molecule has 0 aromatic heterocycles. The van der Waals surface area contributed by atoms with Crippen LogP contribution in [0.2, 0.25) is 0 Å². The number of hydrogen-bond donors (Lipinski definition) is 2. The third-order valence-corrected chi connectivity index (χ3v) is 5.49. The number of carboxylic acids is 1. The number of carboxylic acid groups (broad SMARTS) is 1.